The molecular weight excluding hydrogens is 500 g/mol. The van der Waals surface area contributed by atoms with E-state index in [1.807, 2.05) is 46.2 Å². The van der Waals surface area contributed by atoms with Crippen molar-refractivity contribution in [2.75, 3.05) is 47.5 Å². The van der Waals surface area contributed by atoms with Gasteiger partial charge in [-0.15, -0.1) is 0 Å². The molecule has 214 valence electrons. The molecule has 0 radical (unpaired) electrons. The Bertz CT molecular complexity index is 1070. The van der Waals surface area contributed by atoms with E-state index in [2.05, 4.69) is 13.8 Å². The largest absolute Gasteiger partial charge is 0.506 e. The molecule has 1 aliphatic heterocycles. The smallest absolute Gasteiger partial charge is 0.497 e. The average Bonchev–Trinajstić information content (AvgIpc) is 3.28. The van der Waals surface area contributed by atoms with Crippen molar-refractivity contribution in [1.29, 1.82) is 0 Å². The van der Waals surface area contributed by atoms with E-state index in [4.69, 9.17) is 18.9 Å². The highest BCUT2D eigenvalue weighted by Gasteiger charge is 2.47. The summed E-state index contributed by atoms with van der Waals surface area (Å²) < 4.78 is 22.0. The van der Waals surface area contributed by atoms with Gasteiger partial charge >= 0.3 is 6.16 Å². The fourth-order valence-corrected chi connectivity index (χ4v) is 5.26. The second-order valence-corrected chi connectivity index (χ2v) is 9.80. The maximum absolute atomic E-state index is 13.6. The fraction of sp³-hybridized carbons (Fsp3) is 0.533. The molecule has 2 aromatic rings. The van der Waals surface area contributed by atoms with Gasteiger partial charge in [0.15, 0.2) is 0 Å². The van der Waals surface area contributed by atoms with E-state index >= 15 is 0 Å². The normalized spacial score (nSPS) is 18.9. The van der Waals surface area contributed by atoms with Gasteiger partial charge in [-0.3, -0.25) is 9.69 Å². The lowest BCUT2D eigenvalue weighted by molar-refractivity contribution is -0.133. The highest BCUT2D eigenvalue weighted by molar-refractivity contribution is 5.78. The number of carbonyl (C=O) groups is 2. The molecule has 1 amide bonds. The minimum Gasteiger partial charge on any atom is -0.497 e. The number of likely N-dealkylation sites (tertiary alicyclic amines) is 1. The van der Waals surface area contributed by atoms with Crippen molar-refractivity contribution in [3.8, 4) is 17.2 Å². The lowest BCUT2D eigenvalue weighted by Crippen LogP contribution is -2.42. The first-order valence-corrected chi connectivity index (χ1v) is 13.6. The molecule has 1 heterocycles. The highest BCUT2D eigenvalue weighted by atomic mass is 16.7. The summed E-state index contributed by atoms with van der Waals surface area (Å²) in [5.74, 6) is 1.56. The Morgan fingerprint density at radius 2 is 1.54 bits per heavy atom. The molecule has 3 rings (SSSR count). The molecule has 0 aromatic heterocycles. The van der Waals surface area contributed by atoms with E-state index in [9.17, 15) is 14.7 Å². The van der Waals surface area contributed by atoms with Crippen molar-refractivity contribution in [2.45, 2.75) is 57.6 Å². The average molecular weight is 543 g/mol. The minimum absolute atomic E-state index is 0.0341. The Balaban J connectivity index is 2.04. The van der Waals surface area contributed by atoms with Gasteiger partial charge in [0.25, 0.3) is 0 Å². The number of ether oxygens (including phenoxy) is 4. The van der Waals surface area contributed by atoms with Crippen LogP contribution >= 0.6 is 0 Å². The number of nitrogens with zero attached hydrogens (tertiary/aromatic N) is 2. The van der Waals surface area contributed by atoms with Crippen molar-refractivity contribution < 1.29 is 33.6 Å². The van der Waals surface area contributed by atoms with Crippen LogP contribution in [0.15, 0.2) is 42.5 Å². The third-order valence-corrected chi connectivity index (χ3v) is 7.32. The topological polar surface area (TPSA) is 97.8 Å². The zero-order valence-corrected chi connectivity index (χ0v) is 23.7. The number of unbranched alkanes of at least 4 members (excludes halogenated alkanes) is 2. The maximum atomic E-state index is 13.6. The van der Waals surface area contributed by atoms with Gasteiger partial charge in [-0.2, -0.15) is 0 Å². The molecule has 0 bridgehead atoms. The highest BCUT2D eigenvalue weighted by Crippen LogP contribution is 2.46. The van der Waals surface area contributed by atoms with Gasteiger partial charge < -0.3 is 29.0 Å². The minimum atomic E-state index is -1.36. The molecule has 0 saturated carbocycles. The molecule has 0 spiro atoms. The SMILES string of the molecule is CCCCN(CCCC)C(=O)CN1C[C@H](c2ccc(OC)cc2OC)[C@H](OC(=O)O)[C@H]1c1ccc(OC)cc1. The molecule has 1 fully saturated rings. The quantitative estimate of drug-likeness (QED) is 0.319. The third-order valence-electron chi connectivity index (χ3n) is 7.32. The first kappa shape index (κ1) is 30.1. The molecule has 0 unspecified atom stereocenters. The Morgan fingerprint density at radius 3 is 2.08 bits per heavy atom. The predicted molar refractivity (Wildman–Crippen MR) is 149 cm³/mol. The Hall–Kier alpha value is -3.46. The standard InChI is InChI=1S/C30H42N2O7/c1-6-8-16-31(17-9-7-2)27(33)20-32-19-25(24-15-14-23(37-4)18-26(24)38-5)29(39-30(34)35)28(32)21-10-12-22(36-3)13-11-21/h10-15,18,25,28-29H,6-9,16-17,19-20H2,1-5H3,(H,34,35)/t25-,28-,29+/m1/s1. The second-order valence-electron chi connectivity index (χ2n) is 9.80. The van der Waals surface area contributed by atoms with Gasteiger partial charge in [0, 0.05) is 37.2 Å². The summed E-state index contributed by atoms with van der Waals surface area (Å²) in [5.41, 5.74) is 1.64. The van der Waals surface area contributed by atoms with Crippen LogP contribution in [0.5, 0.6) is 17.2 Å². The van der Waals surface area contributed by atoms with E-state index in [0.717, 1.165) is 36.8 Å². The molecule has 1 N–H and O–H groups in total. The predicted octanol–water partition coefficient (Wildman–Crippen LogP) is 5.34. The van der Waals surface area contributed by atoms with Gasteiger partial charge in [-0.25, -0.2) is 4.79 Å². The zero-order valence-electron chi connectivity index (χ0n) is 23.7. The van der Waals surface area contributed by atoms with Gasteiger partial charge in [-0.1, -0.05) is 44.9 Å². The van der Waals surface area contributed by atoms with Crippen LogP contribution in [-0.4, -0.2) is 80.6 Å². The lowest BCUT2D eigenvalue weighted by atomic mass is 9.90. The number of hydrogen-bond donors (Lipinski definition) is 1. The van der Waals surface area contributed by atoms with E-state index < -0.39 is 18.3 Å². The summed E-state index contributed by atoms with van der Waals surface area (Å²) in [6.45, 7) is 6.21. The number of amides is 1. The van der Waals surface area contributed by atoms with E-state index in [0.29, 0.717) is 36.9 Å². The van der Waals surface area contributed by atoms with Crippen LogP contribution < -0.4 is 14.2 Å². The molecule has 0 aliphatic carbocycles. The fourth-order valence-electron chi connectivity index (χ4n) is 5.26. The number of benzene rings is 2. The number of carboxylic acid groups (broad SMARTS) is 1. The van der Waals surface area contributed by atoms with Crippen LogP contribution in [0.3, 0.4) is 0 Å². The van der Waals surface area contributed by atoms with Crippen molar-refractivity contribution in [1.82, 2.24) is 9.80 Å². The summed E-state index contributed by atoms with van der Waals surface area (Å²) in [6.07, 6.45) is 1.74. The van der Waals surface area contributed by atoms with Crippen LogP contribution in [0.2, 0.25) is 0 Å². The maximum Gasteiger partial charge on any atom is 0.506 e. The van der Waals surface area contributed by atoms with E-state index in [1.54, 1.807) is 27.4 Å². The summed E-state index contributed by atoms with van der Waals surface area (Å²) >= 11 is 0. The van der Waals surface area contributed by atoms with Crippen LogP contribution in [-0.2, 0) is 9.53 Å². The molecule has 2 aromatic carbocycles. The van der Waals surface area contributed by atoms with E-state index in [1.165, 1.54) is 0 Å². The summed E-state index contributed by atoms with van der Waals surface area (Å²) in [5, 5.41) is 9.76. The second kappa shape index (κ2) is 14.6. The zero-order chi connectivity index (χ0) is 28.4. The van der Waals surface area contributed by atoms with Crippen LogP contribution in [0.25, 0.3) is 0 Å². The van der Waals surface area contributed by atoms with Crippen molar-refractivity contribution in [3.05, 3.63) is 53.6 Å². The first-order chi connectivity index (χ1) is 18.9. The molecular formula is C30H42N2O7. The van der Waals surface area contributed by atoms with Gasteiger partial charge in [0.05, 0.1) is 33.9 Å². The van der Waals surface area contributed by atoms with Crippen LogP contribution in [0, 0.1) is 0 Å². The van der Waals surface area contributed by atoms with Crippen molar-refractivity contribution in [2.24, 2.45) is 0 Å². The summed E-state index contributed by atoms with van der Waals surface area (Å²) in [4.78, 5) is 29.6. The lowest BCUT2D eigenvalue weighted by Gasteiger charge is -2.30. The molecule has 39 heavy (non-hydrogen) atoms. The Kier molecular flexibility index (Phi) is 11.3. The molecule has 9 nitrogen and oxygen atoms in total. The van der Waals surface area contributed by atoms with Crippen molar-refractivity contribution >= 4 is 12.1 Å². The molecule has 1 aliphatic rings. The van der Waals surface area contributed by atoms with Crippen molar-refractivity contribution in [3.63, 3.8) is 0 Å². The molecule has 1 saturated heterocycles. The first-order valence-electron chi connectivity index (χ1n) is 13.6. The molecule has 3 atom stereocenters. The summed E-state index contributed by atoms with van der Waals surface area (Å²) in [6, 6.07) is 12.5. The third kappa shape index (κ3) is 7.56. The van der Waals surface area contributed by atoms with Gasteiger partial charge in [0.2, 0.25) is 5.91 Å². The number of rotatable bonds is 14. The van der Waals surface area contributed by atoms with Crippen LogP contribution in [0.4, 0.5) is 4.79 Å². The Labute approximate surface area is 231 Å². The number of methoxy groups -OCH3 is 3. The summed E-state index contributed by atoms with van der Waals surface area (Å²) in [7, 11) is 4.75. The monoisotopic (exact) mass is 542 g/mol. The number of carbonyl (C=O) groups excluding carboxylic acids is 1. The van der Waals surface area contributed by atoms with Gasteiger partial charge in [0.1, 0.15) is 23.4 Å². The number of hydrogen-bond acceptors (Lipinski definition) is 7. The Morgan fingerprint density at radius 1 is 0.923 bits per heavy atom. The molecule has 9 heteroatoms. The van der Waals surface area contributed by atoms with Gasteiger partial charge in [-0.05, 0) is 36.6 Å². The van der Waals surface area contributed by atoms with E-state index in [-0.39, 0.29) is 18.4 Å². The van der Waals surface area contributed by atoms with Crippen LogP contribution in [0.1, 0.15) is 62.6 Å².